The first kappa shape index (κ1) is 14.6. The molecule has 21 heavy (non-hydrogen) atoms. The molecule has 1 saturated heterocycles. The molecule has 2 fully saturated rings. The van der Waals surface area contributed by atoms with E-state index >= 15 is 0 Å². The molecule has 2 aliphatic rings. The number of hydrogen-bond donors (Lipinski definition) is 0. The first-order chi connectivity index (χ1) is 9.89. The van der Waals surface area contributed by atoms with Crippen molar-refractivity contribution in [1.82, 2.24) is 14.3 Å². The predicted octanol–water partition coefficient (Wildman–Crippen LogP) is 1.06. The van der Waals surface area contributed by atoms with E-state index in [0.717, 1.165) is 31.7 Å². The highest BCUT2D eigenvalue weighted by atomic mass is 32.2. The van der Waals surface area contributed by atoms with Crippen molar-refractivity contribution in [2.45, 2.75) is 19.3 Å². The van der Waals surface area contributed by atoms with Crippen molar-refractivity contribution >= 4 is 10.0 Å². The minimum atomic E-state index is -3.17. The van der Waals surface area contributed by atoms with Crippen molar-refractivity contribution in [1.29, 1.82) is 0 Å². The molecule has 3 rings (SSSR count). The van der Waals surface area contributed by atoms with Crippen LogP contribution in [0.1, 0.15) is 19.3 Å². The standard InChI is InChI=1S/C13H18FN3O3S/c1-21(18,19)17-7-10-3-2-4-13(10,8-17)9-20-12-15-5-11(14)6-16-12/h5-6,10H,2-4,7-9H2,1H3. The zero-order chi connectivity index (χ0) is 15.1. The van der Waals surface area contributed by atoms with Gasteiger partial charge in [-0.2, -0.15) is 0 Å². The summed E-state index contributed by atoms with van der Waals surface area (Å²) in [6.07, 6.45) is 6.39. The number of halogens is 1. The van der Waals surface area contributed by atoms with Gasteiger partial charge in [-0.3, -0.25) is 0 Å². The minimum absolute atomic E-state index is 0.134. The zero-order valence-electron chi connectivity index (χ0n) is 11.8. The molecule has 1 saturated carbocycles. The summed E-state index contributed by atoms with van der Waals surface area (Å²) in [6, 6.07) is 0.134. The number of rotatable bonds is 4. The summed E-state index contributed by atoms with van der Waals surface area (Å²) in [7, 11) is -3.17. The van der Waals surface area contributed by atoms with Crippen molar-refractivity contribution in [2.24, 2.45) is 11.3 Å². The lowest BCUT2D eigenvalue weighted by molar-refractivity contribution is 0.125. The molecule has 6 nitrogen and oxygen atoms in total. The Morgan fingerprint density at radius 2 is 2.19 bits per heavy atom. The van der Waals surface area contributed by atoms with Gasteiger partial charge < -0.3 is 4.74 Å². The van der Waals surface area contributed by atoms with Gasteiger partial charge in [-0.1, -0.05) is 6.42 Å². The highest BCUT2D eigenvalue weighted by Gasteiger charge is 2.52. The maximum absolute atomic E-state index is 12.8. The third-order valence-electron chi connectivity index (χ3n) is 4.56. The Labute approximate surface area is 123 Å². The lowest BCUT2D eigenvalue weighted by atomic mass is 9.82. The Morgan fingerprint density at radius 3 is 2.86 bits per heavy atom. The van der Waals surface area contributed by atoms with Gasteiger partial charge in [0.25, 0.3) is 0 Å². The maximum atomic E-state index is 12.8. The average molecular weight is 315 g/mol. The topological polar surface area (TPSA) is 72.4 Å². The van der Waals surface area contributed by atoms with Gasteiger partial charge >= 0.3 is 6.01 Å². The number of sulfonamides is 1. The van der Waals surface area contributed by atoms with Crippen molar-refractivity contribution in [2.75, 3.05) is 26.0 Å². The molecule has 0 spiro atoms. The van der Waals surface area contributed by atoms with Gasteiger partial charge in [0, 0.05) is 18.5 Å². The lowest BCUT2D eigenvalue weighted by Gasteiger charge is -2.27. The van der Waals surface area contributed by atoms with Gasteiger partial charge in [0.2, 0.25) is 10.0 Å². The SMILES string of the molecule is CS(=O)(=O)N1CC2CCCC2(COc2ncc(F)cn2)C1. The third-order valence-corrected chi connectivity index (χ3v) is 5.78. The summed E-state index contributed by atoms with van der Waals surface area (Å²) >= 11 is 0. The highest BCUT2D eigenvalue weighted by Crippen LogP contribution is 2.49. The first-order valence-corrected chi connectivity index (χ1v) is 8.79. The second-order valence-corrected chi connectivity index (χ2v) is 7.96. The molecule has 1 aromatic heterocycles. The summed E-state index contributed by atoms with van der Waals surface area (Å²) < 4.78 is 43.4. The monoisotopic (exact) mass is 315 g/mol. The largest absolute Gasteiger partial charge is 0.463 e. The number of ether oxygens (including phenoxy) is 1. The Kier molecular flexibility index (Phi) is 3.61. The molecule has 0 N–H and O–H groups in total. The van der Waals surface area contributed by atoms with E-state index in [2.05, 4.69) is 9.97 Å². The Morgan fingerprint density at radius 1 is 1.48 bits per heavy atom. The summed E-state index contributed by atoms with van der Waals surface area (Å²) in [5, 5.41) is 0. The van der Waals surface area contributed by atoms with Crippen LogP contribution in [0.5, 0.6) is 6.01 Å². The Hall–Kier alpha value is -1.28. The molecule has 8 heteroatoms. The fourth-order valence-electron chi connectivity index (χ4n) is 3.44. The smallest absolute Gasteiger partial charge is 0.316 e. The molecule has 2 unspecified atom stereocenters. The van der Waals surface area contributed by atoms with Crippen LogP contribution in [0.2, 0.25) is 0 Å². The van der Waals surface area contributed by atoms with Gasteiger partial charge in [-0.15, -0.1) is 0 Å². The number of aromatic nitrogens is 2. The van der Waals surface area contributed by atoms with Crippen LogP contribution in [0.15, 0.2) is 12.4 Å². The molecular weight excluding hydrogens is 297 g/mol. The van der Waals surface area contributed by atoms with E-state index in [9.17, 15) is 12.8 Å². The van der Waals surface area contributed by atoms with Crippen LogP contribution >= 0.6 is 0 Å². The van der Waals surface area contributed by atoms with Crippen molar-refractivity contribution in [3.05, 3.63) is 18.2 Å². The lowest BCUT2D eigenvalue weighted by Crippen LogP contribution is -2.35. The van der Waals surface area contributed by atoms with Gasteiger partial charge in [0.1, 0.15) is 0 Å². The summed E-state index contributed by atoms with van der Waals surface area (Å²) in [5.74, 6) is -0.198. The van der Waals surface area contributed by atoms with E-state index < -0.39 is 15.8 Å². The van der Waals surface area contributed by atoms with Crippen LogP contribution in [0.4, 0.5) is 4.39 Å². The second-order valence-electron chi connectivity index (χ2n) is 5.98. The molecule has 0 bridgehead atoms. The molecular formula is C13H18FN3O3S. The second kappa shape index (κ2) is 5.17. The Bertz CT molecular complexity index is 622. The van der Waals surface area contributed by atoms with Crippen LogP contribution in [0.25, 0.3) is 0 Å². The van der Waals surface area contributed by atoms with E-state index in [-0.39, 0.29) is 11.4 Å². The van der Waals surface area contributed by atoms with Gasteiger partial charge in [0.15, 0.2) is 5.82 Å². The van der Waals surface area contributed by atoms with E-state index in [4.69, 9.17) is 4.74 Å². The fraction of sp³-hybridized carbons (Fsp3) is 0.692. The summed E-state index contributed by atoms with van der Waals surface area (Å²) in [4.78, 5) is 7.56. The number of fused-ring (bicyclic) bond motifs is 1. The molecule has 1 aliphatic heterocycles. The van der Waals surface area contributed by atoms with Crippen LogP contribution < -0.4 is 4.74 Å². The first-order valence-electron chi connectivity index (χ1n) is 6.95. The van der Waals surface area contributed by atoms with Crippen LogP contribution in [-0.2, 0) is 10.0 Å². The normalized spacial score (nSPS) is 29.5. The van der Waals surface area contributed by atoms with Gasteiger partial charge in [-0.25, -0.2) is 27.1 Å². The molecule has 0 aromatic carbocycles. The third kappa shape index (κ3) is 2.87. The fourth-order valence-corrected chi connectivity index (χ4v) is 4.38. The van der Waals surface area contributed by atoms with E-state index in [1.54, 1.807) is 0 Å². The molecule has 2 atom stereocenters. The van der Waals surface area contributed by atoms with Crippen molar-refractivity contribution < 1.29 is 17.5 Å². The van der Waals surface area contributed by atoms with Gasteiger partial charge in [-0.05, 0) is 18.8 Å². The van der Waals surface area contributed by atoms with E-state index in [0.29, 0.717) is 25.6 Å². The van der Waals surface area contributed by atoms with E-state index in [1.165, 1.54) is 10.6 Å². The van der Waals surface area contributed by atoms with Crippen LogP contribution in [0.3, 0.4) is 0 Å². The molecule has 1 aliphatic carbocycles. The molecule has 0 radical (unpaired) electrons. The summed E-state index contributed by atoms with van der Waals surface area (Å²) in [5.41, 5.74) is -0.166. The van der Waals surface area contributed by atoms with Crippen LogP contribution in [-0.4, -0.2) is 48.6 Å². The Balaban J connectivity index is 1.72. The summed E-state index contributed by atoms with van der Waals surface area (Å²) in [6.45, 7) is 1.42. The van der Waals surface area contributed by atoms with Crippen LogP contribution in [0, 0.1) is 17.2 Å². The maximum Gasteiger partial charge on any atom is 0.316 e. The molecule has 116 valence electrons. The quantitative estimate of drug-likeness (QED) is 0.830. The predicted molar refractivity (Wildman–Crippen MR) is 73.7 cm³/mol. The number of hydrogen-bond acceptors (Lipinski definition) is 5. The highest BCUT2D eigenvalue weighted by molar-refractivity contribution is 7.88. The zero-order valence-corrected chi connectivity index (χ0v) is 12.6. The molecule has 0 amide bonds. The van der Waals surface area contributed by atoms with Gasteiger partial charge in [0.05, 0.1) is 25.3 Å². The number of nitrogens with zero attached hydrogens (tertiary/aromatic N) is 3. The van der Waals surface area contributed by atoms with Crippen molar-refractivity contribution in [3.63, 3.8) is 0 Å². The average Bonchev–Trinajstić information content (AvgIpc) is 2.94. The molecule has 2 heterocycles. The van der Waals surface area contributed by atoms with E-state index in [1.807, 2.05) is 0 Å². The minimum Gasteiger partial charge on any atom is -0.463 e. The molecule has 1 aromatic rings. The van der Waals surface area contributed by atoms with Crippen molar-refractivity contribution in [3.8, 4) is 6.01 Å².